The van der Waals surface area contributed by atoms with Gasteiger partial charge in [-0.05, 0) is 83.5 Å². The Labute approximate surface area is 358 Å². The van der Waals surface area contributed by atoms with Crippen molar-refractivity contribution in [1.29, 1.82) is 0 Å². The van der Waals surface area contributed by atoms with E-state index in [9.17, 15) is 14.4 Å². The van der Waals surface area contributed by atoms with Crippen LogP contribution in [-0.4, -0.2) is 37.2 Å². The van der Waals surface area contributed by atoms with Gasteiger partial charge in [0.25, 0.3) is 0 Å². The van der Waals surface area contributed by atoms with Crippen molar-refractivity contribution in [2.45, 2.75) is 252 Å². The number of hydrogen-bond donors (Lipinski definition) is 0. The molecule has 0 aliphatic carbocycles. The van der Waals surface area contributed by atoms with E-state index in [2.05, 4.69) is 69.4 Å². The maximum Gasteiger partial charge on any atom is 0.306 e. The van der Waals surface area contributed by atoms with Gasteiger partial charge in [-0.1, -0.05) is 191 Å². The molecule has 0 spiro atoms. The zero-order chi connectivity index (χ0) is 42.3. The lowest BCUT2D eigenvalue weighted by Gasteiger charge is -2.18. The Morgan fingerprint density at radius 1 is 0.345 bits per heavy atom. The predicted molar refractivity (Wildman–Crippen MR) is 247 cm³/mol. The Hall–Kier alpha value is -2.63. The Morgan fingerprint density at radius 3 is 1.00 bits per heavy atom. The molecule has 0 saturated carbocycles. The van der Waals surface area contributed by atoms with Crippen molar-refractivity contribution in [2.24, 2.45) is 0 Å². The van der Waals surface area contributed by atoms with Crippen molar-refractivity contribution >= 4 is 17.9 Å². The first kappa shape index (κ1) is 55.4. The normalized spacial score (nSPS) is 12.4. The van der Waals surface area contributed by atoms with Crippen molar-refractivity contribution in [3.05, 3.63) is 48.6 Å². The largest absolute Gasteiger partial charge is 0.462 e. The summed E-state index contributed by atoms with van der Waals surface area (Å²) in [4.78, 5) is 37.6. The van der Waals surface area contributed by atoms with E-state index in [1.165, 1.54) is 116 Å². The molecule has 0 aliphatic rings. The van der Waals surface area contributed by atoms with Crippen LogP contribution in [0.4, 0.5) is 0 Å². The van der Waals surface area contributed by atoms with Crippen LogP contribution in [0.3, 0.4) is 0 Å². The van der Waals surface area contributed by atoms with Gasteiger partial charge >= 0.3 is 17.9 Å². The monoisotopic (exact) mass is 813 g/mol. The summed E-state index contributed by atoms with van der Waals surface area (Å²) in [5.41, 5.74) is 0. The molecule has 0 N–H and O–H groups in total. The van der Waals surface area contributed by atoms with Crippen molar-refractivity contribution in [1.82, 2.24) is 0 Å². The zero-order valence-corrected chi connectivity index (χ0v) is 38.3. The fourth-order valence-electron chi connectivity index (χ4n) is 6.80. The van der Waals surface area contributed by atoms with E-state index in [1.54, 1.807) is 0 Å². The molecular weight excluding hydrogens is 721 g/mol. The third kappa shape index (κ3) is 44.5. The van der Waals surface area contributed by atoms with Crippen LogP contribution in [-0.2, 0) is 28.6 Å². The minimum Gasteiger partial charge on any atom is -0.462 e. The molecule has 0 bridgehead atoms. The third-order valence-corrected chi connectivity index (χ3v) is 10.6. The van der Waals surface area contributed by atoms with Gasteiger partial charge in [-0.3, -0.25) is 14.4 Å². The van der Waals surface area contributed by atoms with Crippen LogP contribution in [0, 0.1) is 0 Å². The van der Waals surface area contributed by atoms with Crippen LogP contribution >= 0.6 is 0 Å². The van der Waals surface area contributed by atoms with Gasteiger partial charge in [-0.15, -0.1) is 0 Å². The van der Waals surface area contributed by atoms with Crippen molar-refractivity contribution < 1.29 is 28.6 Å². The predicted octanol–water partition coefficient (Wildman–Crippen LogP) is 15.9. The number of esters is 3. The summed E-state index contributed by atoms with van der Waals surface area (Å²) in [7, 11) is 0. The Balaban J connectivity index is 4.21. The summed E-state index contributed by atoms with van der Waals surface area (Å²) < 4.78 is 16.6. The van der Waals surface area contributed by atoms with Crippen LogP contribution in [0.25, 0.3) is 0 Å². The number of allylic oxidation sites excluding steroid dienone is 8. The van der Waals surface area contributed by atoms with E-state index in [0.29, 0.717) is 19.3 Å². The summed E-state index contributed by atoms with van der Waals surface area (Å²) >= 11 is 0. The number of carbonyl (C=O) groups excluding carboxylic acids is 3. The van der Waals surface area contributed by atoms with E-state index >= 15 is 0 Å². The molecule has 1 unspecified atom stereocenters. The van der Waals surface area contributed by atoms with Gasteiger partial charge in [-0.2, -0.15) is 0 Å². The molecule has 0 aromatic rings. The van der Waals surface area contributed by atoms with Gasteiger partial charge in [0.1, 0.15) is 13.2 Å². The van der Waals surface area contributed by atoms with Crippen LogP contribution in [0.15, 0.2) is 48.6 Å². The molecule has 0 radical (unpaired) electrons. The van der Waals surface area contributed by atoms with Crippen LogP contribution in [0.2, 0.25) is 0 Å². The summed E-state index contributed by atoms with van der Waals surface area (Å²) in [6.07, 6.45) is 55.5. The second-order valence-electron chi connectivity index (χ2n) is 16.4. The van der Waals surface area contributed by atoms with Crippen LogP contribution in [0.5, 0.6) is 0 Å². The maximum atomic E-state index is 12.7. The summed E-state index contributed by atoms with van der Waals surface area (Å²) in [6.45, 7) is 6.50. The van der Waals surface area contributed by atoms with Crippen molar-refractivity contribution in [3.8, 4) is 0 Å². The fourth-order valence-corrected chi connectivity index (χ4v) is 6.80. The minimum atomic E-state index is -0.775. The van der Waals surface area contributed by atoms with E-state index < -0.39 is 6.10 Å². The highest BCUT2D eigenvalue weighted by molar-refractivity contribution is 5.71. The molecule has 0 aliphatic heterocycles. The van der Waals surface area contributed by atoms with Gasteiger partial charge in [0.2, 0.25) is 0 Å². The summed E-state index contributed by atoms with van der Waals surface area (Å²) in [6, 6.07) is 0. The Kier molecular flexibility index (Phi) is 44.9. The topological polar surface area (TPSA) is 78.9 Å². The number of carbonyl (C=O) groups is 3. The van der Waals surface area contributed by atoms with Crippen molar-refractivity contribution in [2.75, 3.05) is 13.2 Å². The van der Waals surface area contributed by atoms with Crippen molar-refractivity contribution in [3.63, 3.8) is 0 Å². The average Bonchev–Trinajstić information content (AvgIpc) is 3.22. The standard InChI is InChI=1S/C52H92O6/c1-4-7-10-13-15-17-19-21-23-25-27-28-30-32-34-36-39-42-45-51(54)57-48-49(47-56-50(53)44-41-38-12-9-6-3)58-52(55)46-43-40-37-35-33-31-29-26-24-22-20-18-16-14-11-8-5-2/h16-19,22-25,49H,4-15,20-21,26-48H2,1-3H3/b18-16-,19-17-,24-22-,25-23-. The zero-order valence-electron chi connectivity index (χ0n) is 38.3. The van der Waals surface area contributed by atoms with Gasteiger partial charge in [-0.25, -0.2) is 0 Å². The third-order valence-electron chi connectivity index (χ3n) is 10.6. The lowest BCUT2D eigenvalue weighted by atomic mass is 10.1. The molecule has 0 fully saturated rings. The molecule has 6 heteroatoms. The average molecular weight is 813 g/mol. The SMILES string of the molecule is CCCCC/C=C\C/C=C\CCCCCCCCCC(=O)OC(COC(=O)CCCCCCC)COC(=O)CCCCCCCCC/C=C\C/C=C\CCCCCC. The van der Waals surface area contributed by atoms with Gasteiger partial charge in [0.15, 0.2) is 6.10 Å². The first-order chi connectivity index (χ1) is 28.5. The van der Waals surface area contributed by atoms with Gasteiger partial charge in [0.05, 0.1) is 0 Å². The van der Waals surface area contributed by atoms with E-state index in [1.807, 2.05) is 0 Å². The molecule has 6 nitrogen and oxygen atoms in total. The number of unbranched alkanes of at least 4 members (excludes halogenated alkanes) is 25. The Morgan fingerprint density at radius 2 is 0.621 bits per heavy atom. The Bertz CT molecular complexity index is 1030. The first-order valence-electron chi connectivity index (χ1n) is 24.6. The highest BCUT2D eigenvalue weighted by Crippen LogP contribution is 2.14. The smallest absolute Gasteiger partial charge is 0.306 e. The molecular formula is C52H92O6. The lowest BCUT2D eigenvalue weighted by molar-refractivity contribution is -0.167. The highest BCUT2D eigenvalue weighted by Gasteiger charge is 2.19. The van der Waals surface area contributed by atoms with Crippen LogP contribution in [0.1, 0.15) is 245 Å². The molecule has 0 aromatic carbocycles. The molecule has 0 amide bonds. The number of ether oxygens (including phenoxy) is 3. The molecule has 58 heavy (non-hydrogen) atoms. The highest BCUT2D eigenvalue weighted by atomic mass is 16.6. The summed E-state index contributed by atoms with van der Waals surface area (Å²) in [5, 5.41) is 0. The van der Waals surface area contributed by atoms with E-state index in [4.69, 9.17) is 14.2 Å². The molecule has 336 valence electrons. The van der Waals surface area contributed by atoms with Gasteiger partial charge < -0.3 is 14.2 Å². The number of rotatable bonds is 44. The lowest BCUT2D eigenvalue weighted by Crippen LogP contribution is -2.30. The molecule has 1 atom stereocenters. The molecule has 0 aromatic heterocycles. The second kappa shape index (κ2) is 47.1. The van der Waals surface area contributed by atoms with Crippen LogP contribution < -0.4 is 0 Å². The maximum absolute atomic E-state index is 12.7. The second-order valence-corrected chi connectivity index (χ2v) is 16.4. The van der Waals surface area contributed by atoms with E-state index in [0.717, 1.165) is 89.9 Å². The van der Waals surface area contributed by atoms with E-state index in [-0.39, 0.29) is 31.1 Å². The minimum absolute atomic E-state index is 0.0796. The quantitative estimate of drug-likeness (QED) is 0.0264. The number of hydrogen-bond acceptors (Lipinski definition) is 6. The molecule has 0 saturated heterocycles. The molecule has 0 rings (SSSR count). The molecule has 0 heterocycles. The first-order valence-corrected chi connectivity index (χ1v) is 24.6. The summed E-state index contributed by atoms with van der Waals surface area (Å²) in [5.74, 6) is -0.906. The van der Waals surface area contributed by atoms with Gasteiger partial charge in [0, 0.05) is 19.3 Å². The fraction of sp³-hybridized carbons (Fsp3) is 0.788.